The van der Waals surface area contributed by atoms with Gasteiger partial charge < -0.3 is 10.2 Å². The van der Waals surface area contributed by atoms with E-state index in [2.05, 4.69) is 20.8 Å². The molecule has 1 aliphatic heterocycles. The summed E-state index contributed by atoms with van der Waals surface area (Å²) in [5, 5.41) is 14.1. The number of amides is 2. The first-order valence-corrected chi connectivity index (χ1v) is 9.19. The molecule has 1 N–H and O–H groups in total. The Bertz CT molecular complexity index is 950. The molecule has 0 atom stereocenters. The van der Waals surface area contributed by atoms with E-state index in [1.54, 1.807) is 0 Å². The van der Waals surface area contributed by atoms with Gasteiger partial charge in [0.05, 0.1) is 5.69 Å². The lowest BCUT2D eigenvalue weighted by molar-refractivity contribution is -0.121. The summed E-state index contributed by atoms with van der Waals surface area (Å²) >= 11 is 0. The Labute approximate surface area is 162 Å². The second-order valence-corrected chi connectivity index (χ2v) is 6.73. The number of aromatic nitrogens is 4. The van der Waals surface area contributed by atoms with E-state index in [1.807, 2.05) is 59.5 Å². The van der Waals surface area contributed by atoms with E-state index in [9.17, 15) is 9.59 Å². The summed E-state index contributed by atoms with van der Waals surface area (Å²) in [5.41, 5.74) is 2.15. The van der Waals surface area contributed by atoms with Gasteiger partial charge in [0.1, 0.15) is 6.33 Å². The molecule has 0 aliphatic carbocycles. The zero-order chi connectivity index (χ0) is 19.3. The van der Waals surface area contributed by atoms with Crippen LogP contribution in [-0.4, -0.2) is 50.0 Å². The normalized spacial score (nSPS) is 14.6. The number of nitrogens with zero attached hydrogens (tertiary/aromatic N) is 5. The van der Waals surface area contributed by atoms with Gasteiger partial charge in [0.2, 0.25) is 5.91 Å². The van der Waals surface area contributed by atoms with Crippen LogP contribution in [-0.2, 0) is 4.79 Å². The van der Waals surface area contributed by atoms with E-state index in [-0.39, 0.29) is 17.7 Å². The average Bonchev–Trinajstić information content (AvgIpc) is 3.29. The summed E-state index contributed by atoms with van der Waals surface area (Å²) in [4.78, 5) is 27.0. The maximum absolute atomic E-state index is 12.7. The Morgan fingerprint density at radius 2 is 1.79 bits per heavy atom. The zero-order valence-corrected chi connectivity index (χ0v) is 15.2. The number of likely N-dealkylation sites (tertiary alicyclic amines) is 1. The third-order valence-electron chi connectivity index (χ3n) is 4.90. The Morgan fingerprint density at radius 3 is 2.50 bits per heavy atom. The van der Waals surface area contributed by atoms with Gasteiger partial charge in [-0.2, -0.15) is 0 Å². The standard InChI is InChI=1S/C20H20N6O2/c27-19(22-17-7-4-8-18(13-17)26-14-21-23-24-26)15-9-11-25(12-10-15)20(28)16-5-2-1-3-6-16/h1-8,13-15H,9-12H2,(H,22,27). The molecule has 1 aliphatic rings. The number of carbonyl (C=O) groups is 2. The fraction of sp³-hybridized carbons (Fsp3) is 0.250. The van der Waals surface area contributed by atoms with Crippen LogP contribution in [0.4, 0.5) is 5.69 Å². The largest absolute Gasteiger partial charge is 0.339 e. The molecular weight excluding hydrogens is 356 g/mol. The molecule has 1 saturated heterocycles. The summed E-state index contributed by atoms with van der Waals surface area (Å²) in [6.45, 7) is 1.16. The van der Waals surface area contributed by atoms with Gasteiger partial charge in [-0.05, 0) is 53.6 Å². The minimum absolute atomic E-state index is 0.0219. The van der Waals surface area contributed by atoms with E-state index in [0.29, 0.717) is 37.2 Å². The number of piperidine rings is 1. The smallest absolute Gasteiger partial charge is 0.253 e. The van der Waals surface area contributed by atoms with E-state index >= 15 is 0 Å². The topological polar surface area (TPSA) is 93.0 Å². The molecule has 2 heterocycles. The maximum atomic E-state index is 12.7. The number of tetrazole rings is 1. The molecule has 0 bridgehead atoms. The third kappa shape index (κ3) is 3.90. The molecule has 0 spiro atoms. The van der Waals surface area contributed by atoms with Crippen LogP contribution in [0.2, 0.25) is 0 Å². The fourth-order valence-electron chi connectivity index (χ4n) is 3.36. The van der Waals surface area contributed by atoms with Gasteiger partial charge in [-0.1, -0.05) is 24.3 Å². The van der Waals surface area contributed by atoms with Gasteiger partial charge in [-0.15, -0.1) is 5.10 Å². The molecule has 0 unspecified atom stereocenters. The summed E-state index contributed by atoms with van der Waals surface area (Å²) in [7, 11) is 0. The first-order chi connectivity index (χ1) is 13.7. The van der Waals surface area contributed by atoms with Crippen LogP contribution in [0.3, 0.4) is 0 Å². The second kappa shape index (κ2) is 7.99. The van der Waals surface area contributed by atoms with E-state index in [0.717, 1.165) is 5.69 Å². The summed E-state index contributed by atoms with van der Waals surface area (Å²) in [6, 6.07) is 16.6. The van der Waals surface area contributed by atoms with Crippen LogP contribution in [0.25, 0.3) is 5.69 Å². The highest BCUT2D eigenvalue weighted by Gasteiger charge is 2.27. The average molecular weight is 376 g/mol. The Morgan fingerprint density at radius 1 is 1.00 bits per heavy atom. The molecule has 0 saturated carbocycles. The number of nitrogens with one attached hydrogen (secondary N) is 1. The third-order valence-corrected chi connectivity index (χ3v) is 4.90. The van der Waals surface area contributed by atoms with Crippen molar-refractivity contribution in [3.63, 3.8) is 0 Å². The van der Waals surface area contributed by atoms with Crippen molar-refractivity contribution in [3.8, 4) is 5.69 Å². The highest BCUT2D eigenvalue weighted by Crippen LogP contribution is 2.22. The predicted molar refractivity (Wildman–Crippen MR) is 103 cm³/mol. The van der Waals surface area contributed by atoms with Crippen LogP contribution in [0, 0.1) is 5.92 Å². The van der Waals surface area contributed by atoms with Crippen molar-refractivity contribution in [1.29, 1.82) is 0 Å². The van der Waals surface area contributed by atoms with Gasteiger partial charge in [-0.3, -0.25) is 9.59 Å². The Balaban J connectivity index is 1.35. The van der Waals surface area contributed by atoms with Crippen LogP contribution >= 0.6 is 0 Å². The lowest BCUT2D eigenvalue weighted by Crippen LogP contribution is -2.41. The van der Waals surface area contributed by atoms with Crippen molar-refractivity contribution < 1.29 is 9.59 Å². The second-order valence-electron chi connectivity index (χ2n) is 6.73. The summed E-state index contributed by atoms with van der Waals surface area (Å²) in [6.07, 6.45) is 2.80. The monoisotopic (exact) mass is 376 g/mol. The molecule has 4 rings (SSSR count). The van der Waals surface area contributed by atoms with Crippen molar-refractivity contribution in [3.05, 3.63) is 66.5 Å². The van der Waals surface area contributed by atoms with Gasteiger partial charge >= 0.3 is 0 Å². The molecule has 28 heavy (non-hydrogen) atoms. The van der Waals surface area contributed by atoms with Crippen molar-refractivity contribution in [2.24, 2.45) is 5.92 Å². The molecule has 8 heteroatoms. The van der Waals surface area contributed by atoms with Gasteiger partial charge in [0, 0.05) is 30.3 Å². The number of hydrogen-bond acceptors (Lipinski definition) is 5. The molecule has 1 aromatic heterocycles. The van der Waals surface area contributed by atoms with Crippen molar-refractivity contribution in [2.45, 2.75) is 12.8 Å². The maximum Gasteiger partial charge on any atom is 0.253 e. The highest BCUT2D eigenvalue weighted by molar-refractivity contribution is 5.95. The molecule has 0 radical (unpaired) electrons. The first kappa shape index (κ1) is 17.8. The molecule has 8 nitrogen and oxygen atoms in total. The minimum atomic E-state index is -0.114. The predicted octanol–water partition coefficient (Wildman–Crippen LogP) is 2.15. The van der Waals surface area contributed by atoms with E-state index < -0.39 is 0 Å². The molecule has 3 aromatic rings. The molecule has 1 fully saturated rings. The Kier molecular flexibility index (Phi) is 5.09. The highest BCUT2D eigenvalue weighted by atomic mass is 16.2. The first-order valence-electron chi connectivity index (χ1n) is 9.19. The van der Waals surface area contributed by atoms with Gasteiger partial charge in [-0.25, -0.2) is 4.68 Å². The lowest BCUT2D eigenvalue weighted by Gasteiger charge is -2.31. The van der Waals surface area contributed by atoms with Crippen LogP contribution < -0.4 is 5.32 Å². The van der Waals surface area contributed by atoms with Crippen LogP contribution in [0.1, 0.15) is 23.2 Å². The fourth-order valence-corrected chi connectivity index (χ4v) is 3.36. The molecule has 2 aromatic carbocycles. The molecular formula is C20H20N6O2. The number of hydrogen-bond donors (Lipinski definition) is 1. The van der Waals surface area contributed by atoms with Crippen molar-refractivity contribution >= 4 is 17.5 Å². The summed E-state index contributed by atoms with van der Waals surface area (Å²) in [5.74, 6) is -0.120. The summed E-state index contributed by atoms with van der Waals surface area (Å²) < 4.78 is 1.53. The molecule has 142 valence electrons. The van der Waals surface area contributed by atoms with E-state index in [4.69, 9.17) is 0 Å². The quantitative estimate of drug-likeness (QED) is 0.753. The van der Waals surface area contributed by atoms with Crippen LogP contribution in [0.15, 0.2) is 60.9 Å². The van der Waals surface area contributed by atoms with Crippen LogP contribution in [0.5, 0.6) is 0 Å². The van der Waals surface area contributed by atoms with Crippen molar-refractivity contribution in [1.82, 2.24) is 25.1 Å². The van der Waals surface area contributed by atoms with Gasteiger partial charge in [0.25, 0.3) is 5.91 Å². The lowest BCUT2D eigenvalue weighted by atomic mass is 9.95. The number of carbonyl (C=O) groups excluding carboxylic acids is 2. The SMILES string of the molecule is O=C(Nc1cccc(-n2cnnn2)c1)C1CCN(C(=O)c2ccccc2)CC1. The molecule has 2 amide bonds. The number of benzene rings is 2. The van der Waals surface area contributed by atoms with Gasteiger partial charge in [0.15, 0.2) is 0 Å². The van der Waals surface area contributed by atoms with Crippen molar-refractivity contribution in [2.75, 3.05) is 18.4 Å². The zero-order valence-electron chi connectivity index (χ0n) is 15.2. The number of rotatable bonds is 4. The number of anilines is 1. The minimum Gasteiger partial charge on any atom is -0.339 e. The van der Waals surface area contributed by atoms with E-state index in [1.165, 1.54) is 11.0 Å². The Hall–Kier alpha value is -3.55.